The van der Waals surface area contributed by atoms with Crippen molar-refractivity contribution in [2.45, 2.75) is 58.3 Å². The van der Waals surface area contributed by atoms with Crippen molar-refractivity contribution in [2.75, 3.05) is 0 Å². The topological polar surface area (TPSA) is 34.1 Å². The molecule has 2 nitrogen and oxygen atoms in total. The van der Waals surface area contributed by atoms with E-state index in [4.69, 9.17) is 0 Å². The first kappa shape index (κ1) is 11.6. The molecule has 2 aliphatic carbocycles. The Balaban J connectivity index is 1.92. The average molecular weight is 220 g/mol. The van der Waals surface area contributed by atoms with Crippen molar-refractivity contribution in [3.8, 4) is 0 Å². The standard InChI is InChI=1S/C14H20O2/c1-14(8-3-6-13(14)16)9-7-11-4-2-5-12(15)10-11/h10H,2-9H2,1H3. The normalized spacial score (nSPS) is 30.7. The molecule has 16 heavy (non-hydrogen) atoms. The number of carbonyl (C=O) groups excluding carboxylic acids is 2. The van der Waals surface area contributed by atoms with Crippen LogP contribution in [0.4, 0.5) is 0 Å². The Morgan fingerprint density at radius 1 is 1.19 bits per heavy atom. The largest absolute Gasteiger partial charge is 0.299 e. The maximum atomic E-state index is 11.7. The fourth-order valence-corrected chi connectivity index (χ4v) is 2.84. The highest BCUT2D eigenvalue weighted by molar-refractivity contribution is 5.91. The third kappa shape index (κ3) is 2.42. The van der Waals surface area contributed by atoms with E-state index in [9.17, 15) is 9.59 Å². The first-order chi connectivity index (χ1) is 7.60. The Hall–Kier alpha value is -0.920. The highest BCUT2D eigenvalue weighted by Gasteiger charge is 2.36. The van der Waals surface area contributed by atoms with Crippen LogP contribution in [0.5, 0.6) is 0 Å². The summed E-state index contributed by atoms with van der Waals surface area (Å²) in [7, 11) is 0. The third-order valence-corrected chi connectivity index (χ3v) is 4.09. The molecule has 0 amide bonds. The van der Waals surface area contributed by atoms with Gasteiger partial charge in [-0.05, 0) is 44.6 Å². The highest BCUT2D eigenvalue weighted by atomic mass is 16.1. The van der Waals surface area contributed by atoms with Gasteiger partial charge in [0.05, 0.1) is 0 Å². The second kappa shape index (κ2) is 4.52. The van der Waals surface area contributed by atoms with Crippen LogP contribution >= 0.6 is 0 Å². The molecule has 1 fully saturated rings. The maximum Gasteiger partial charge on any atom is 0.155 e. The molecule has 2 rings (SSSR count). The SMILES string of the molecule is CC1(CCC2=CC(=O)CCC2)CCCC1=O. The molecule has 2 aliphatic rings. The molecule has 0 spiro atoms. The van der Waals surface area contributed by atoms with Gasteiger partial charge in [-0.3, -0.25) is 9.59 Å². The van der Waals surface area contributed by atoms with E-state index in [2.05, 4.69) is 6.92 Å². The molecule has 2 heteroatoms. The number of rotatable bonds is 3. The van der Waals surface area contributed by atoms with Gasteiger partial charge in [0.2, 0.25) is 0 Å². The van der Waals surface area contributed by atoms with E-state index in [1.54, 1.807) is 0 Å². The summed E-state index contributed by atoms with van der Waals surface area (Å²) in [6.45, 7) is 2.09. The average Bonchev–Trinajstić information content (AvgIpc) is 2.58. The van der Waals surface area contributed by atoms with Crippen molar-refractivity contribution in [3.05, 3.63) is 11.6 Å². The van der Waals surface area contributed by atoms with E-state index >= 15 is 0 Å². The molecular weight excluding hydrogens is 200 g/mol. The summed E-state index contributed by atoms with van der Waals surface area (Å²) in [5, 5.41) is 0. The Bertz CT molecular complexity index is 341. The highest BCUT2D eigenvalue weighted by Crippen LogP contribution is 2.39. The van der Waals surface area contributed by atoms with Crippen LogP contribution in [-0.2, 0) is 9.59 Å². The number of hydrogen-bond donors (Lipinski definition) is 0. The van der Waals surface area contributed by atoms with Crippen LogP contribution in [0.2, 0.25) is 0 Å². The molecule has 0 N–H and O–H groups in total. The molecule has 1 unspecified atom stereocenters. The quantitative estimate of drug-likeness (QED) is 0.732. The Labute approximate surface area is 97.1 Å². The van der Waals surface area contributed by atoms with Crippen molar-refractivity contribution in [3.63, 3.8) is 0 Å². The molecule has 88 valence electrons. The predicted molar refractivity (Wildman–Crippen MR) is 63.1 cm³/mol. The number of hydrogen-bond acceptors (Lipinski definition) is 2. The van der Waals surface area contributed by atoms with Crippen LogP contribution < -0.4 is 0 Å². The molecule has 0 aliphatic heterocycles. The monoisotopic (exact) mass is 220 g/mol. The van der Waals surface area contributed by atoms with Crippen LogP contribution in [0.3, 0.4) is 0 Å². The van der Waals surface area contributed by atoms with E-state index in [1.165, 1.54) is 5.57 Å². The zero-order chi connectivity index (χ0) is 11.6. The first-order valence-corrected chi connectivity index (χ1v) is 6.36. The molecule has 1 saturated carbocycles. The molecule has 0 heterocycles. The molecule has 0 radical (unpaired) electrons. The minimum atomic E-state index is -0.0959. The second-order valence-corrected chi connectivity index (χ2v) is 5.46. The zero-order valence-electron chi connectivity index (χ0n) is 10.1. The zero-order valence-corrected chi connectivity index (χ0v) is 10.1. The maximum absolute atomic E-state index is 11.7. The van der Waals surface area contributed by atoms with Gasteiger partial charge in [0.1, 0.15) is 5.78 Å². The van der Waals surface area contributed by atoms with E-state index in [1.807, 2.05) is 6.08 Å². The summed E-state index contributed by atoms with van der Waals surface area (Å²) >= 11 is 0. The summed E-state index contributed by atoms with van der Waals surface area (Å²) in [5.74, 6) is 0.694. The minimum Gasteiger partial charge on any atom is -0.299 e. The first-order valence-electron chi connectivity index (χ1n) is 6.36. The molecule has 0 aromatic heterocycles. The summed E-state index contributed by atoms with van der Waals surface area (Å²) in [4.78, 5) is 23.0. The number of Topliss-reactive ketones (excluding diaryl/α,β-unsaturated/α-hetero) is 1. The van der Waals surface area contributed by atoms with Gasteiger partial charge in [-0.25, -0.2) is 0 Å². The van der Waals surface area contributed by atoms with Gasteiger partial charge in [-0.2, -0.15) is 0 Å². The molecule has 1 atom stereocenters. The smallest absolute Gasteiger partial charge is 0.155 e. The van der Waals surface area contributed by atoms with Crippen molar-refractivity contribution in [1.29, 1.82) is 0 Å². The van der Waals surface area contributed by atoms with Gasteiger partial charge in [-0.15, -0.1) is 0 Å². The van der Waals surface area contributed by atoms with E-state index in [0.717, 1.165) is 44.9 Å². The van der Waals surface area contributed by atoms with E-state index in [0.29, 0.717) is 12.2 Å². The van der Waals surface area contributed by atoms with Crippen LogP contribution in [0, 0.1) is 5.41 Å². The third-order valence-electron chi connectivity index (χ3n) is 4.09. The van der Waals surface area contributed by atoms with Gasteiger partial charge < -0.3 is 0 Å². The van der Waals surface area contributed by atoms with Crippen LogP contribution in [0.25, 0.3) is 0 Å². The predicted octanol–water partition coefficient (Wildman–Crippen LogP) is 3.21. The fourth-order valence-electron chi connectivity index (χ4n) is 2.84. The lowest BCUT2D eigenvalue weighted by molar-refractivity contribution is -0.125. The summed E-state index contributed by atoms with van der Waals surface area (Å²) < 4.78 is 0. The molecule has 0 aromatic carbocycles. The summed E-state index contributed by atoms with van der Waals surface area (Å²) in [6, 6.07) is 0. The second-order valence-electron chi connectivity index (χ2n) is 5.46. The van der Waals surface area contributed by atoms with Crippen molar-refractivity contribution >= 4 is 11.6 Å². The fraction of sp³-hybridized carbons (Fsp3) is 0.714. The lowest BCUT2D eigenvalue weighted by Crippen LogP contribution is -2.21. The van der Waals surface area contributed by atoms with E-state index in [-0.39, 0.29) is 11.2 Å². The van der Waals surface area contributed by atoms with Crippen molar-refractivity contribution in [1.82, 2.24) is 0 Å². The number of ketones is 2. The Morgan fingerprint density at radius 3 is 2.62 bits per heavy atom. The minimum absolute atomic E-state index is 0.0959. The molecule has 0 aromatic rings. The van der Waals surface area contributed by atoms with Crippen LogP contribution in [-0.4, -0.2) is 11.6 Å². The molecular formula is C14H20O2. The van der Waals surface area contributed by atoms with Crippen molar-refractivity contribution in [2.24, 2.45) is 5.41 Å². The lowest BCUT2D eigenvalue weighted by atomic mass is 9.80. The summed E-state index contributed by atoms with van der Waals surface area (Å²) in [6.07, 6.45) is 9.28. The van der Waals surface area contributed by atoms with Gasteiger partial charge in [0.15, 0.2) is 5.78 Å². The van der Waals surface area contributed by atoms with Crippen LogP contribution in [0.1, 0.15) is 58.3 Å². The Kier molecular flexibility index (Phi) is 3.27. The number of allylic oxidation sites excluding steroid dienone is 2. The summed E-state index contributed by atoms with van der Waals surface area (Å²) in [5.41, 5.74) is 1.17. The molecule has 0 bridgehead atoms. The van der Waals surface area contributed by atoms with Gasteiger partial charge in [0.25, 0.3) is 0 Å². The molecule has 0 saturated heterocycles. The van der Waals surface area contributed by atoms with Gasteiger partial charge >= 0.3 is 0 Å². The van der Waals surface area contributed by atoms with Gasteiger partial charge in [0, 0.05) is 18.3 Å². The lowest BCUT2D eigenvalue weighted by Gasteiger charge is -2.23. The number of carbonyl (C=O) groups is 2. The van der Waals surface area contributed by atoms with Crippen LogP contribution in [0.15, 0.2) is 11.6 Å². The van der Waals surface area contributed by atoms with Crippen molar-refractivity contribution < 1.29 is 9.59 Å². The Morgan fingerprint density at radius 2 is 2.00 bits per heavy atom. The van der Waals surface area contributed by atoms with Gasteiger partial charge in [-0.1, -0.05) is 12.5 Å². The van der Waals surface area contributed by atoms with E-state index < -0.39 is 0 Å².